The zero-order chi connectivity index (χ0) is 14.2. The van der Waals surface area contributed by atoms with Crippen molar-refractivity contribution in [2.75, 3.05) is 18.6 Å². The van der Waals surface area contributed by atoms with E-state index in [1.165, 1.54) is 5.56 Å². The molecule has 0 aromatic heterocycles. The second-order valence-electron chi connectivity index (χ2n) is 4.52. The van der Waals surface area contributed by atoms with E-state index in [1.54, 1.807) is 7.11 Å². The van der Waals surface area contributed by atoms with Crippen LogP contribution < -0.4 is 9.64 Å². The molecule has 0 radical (unpaired) electrons. The van der Waals surface area contributed by atoms with Gasteiger partial charge in [0.05, 0.1) is 19.6 Å². The Bertz CT molecular complexity index is 575. The van der Waals surface area contributed by atoms with Crippen LogP contribution in [0.3, 0.4) is 0 Å². The molecule has 0 aliphatic heterocycles. The summed E-state index contributed by atoms with van der Waals surface area (Å²) < 4.78 is 5.25. The Morgan fingerprint density at radius 3 is 2.60 bits per heavy atom. The van der Waals surface area contributed by atoms with Crippen molar-refractivity contribution in [1.29, 1.82) is 5.26 Å². The predicted molar refractivity (Wildman–Crippen MR) is 80.7 cm³/mol. The van der Waals surface area contributed by atoms with E-state index in [-0.39, 0.29) is 0 Å². The number of ether oxygens (including phenoxy) is 1. The van der Waals surface area contributed by atoms with Crippen LogP contribution in [0.5, 0.6) is 5.75 Å². The molecule has 0 unspecified atom stereocenters. The van der Waals surface area contributed by atoms with Gasteiger partial charge in [-0.15, -0.1) is 0 Å². The lowest BCUT2D eigenvalue weighted by Crippen LogP contribution is -2.23. The second-order valence-corrected chi connectivity index (χ2v) is 4.52. The number of anilines is 1. The fourth-order valence-corrected chi connectivity index (χ4v) is 2.11. The average molecular weight is 266 g/mol. The molecular weight excluding hydrogens is 248 g/mol. The first-order chi connectivity index (χ1) is 9.83. The first-order valence-electron chi connectivity index (χ1n) is 6.63. The van der Waals surface area contributed by atoms with Gasteiger partial charge in [-0.1, -0.05) is 30.3 Å². The quantitative estimate of drug-likeness (QED) is 0.801. The molecule has 0 aliphatic rings. The minimum absolute atomic E-state index is 0.513. The third-order valence-electron chi connectivity index (χ3n) is 3.12. The standard InChI is InChI=1S/C17H18N2O/c1-20-17-10-5-7-15(13-17)14-19(12-6-11-18)16-8-3-2-4-9-16/h2-5,7-10,13H,6,12,14H2,1H3. The van der Waals surface area contributed by atoms with Crippen molar-refractivity contribution in [2.45, 2.75) is 13.0 Å². The molecule has 0 heterocycles. The molecule has 0 atom stereocenters. The maximum Gasteiger partial charge on any atom is 0.119 e. The monoisotopic (exact) mass is 266 g/mol. The van der Waals surface area contributed by atoms with Gasteiger partial charge in [0.25, 0.3) is 0 Å². The summed E-state index contributed by atoms with van der Waals surface area (Å²) in [6.07, 6.45) is 0.513. The first-order valence-corrected chi connectivity index (χ1v) is 6.63. The SMILES string of the molecule is COc1cccc(CN(CCC#N)c2ccccc2)c1. The molecule has 3 nitrogen and oxygen atoms in total. The van der Waals surface area contributed by atoms with E-state index in [4.69, 9.17) is 10.00 Å². The van der Waals surface area contributed by atoms with E-state index in [1.807, 2.05) is 36.4 Å². The fourth-order valence-electron chi connectivity index (χ4n) is 2.11. The predicted octanol–water partition coefficient (Wildman–Crippen LogP) is 3.62. The highest BCUT2D eigenvalue weighted by molar-refractivity contribution is 5.47. The van der Waals surface area contributed by atoms with Crippen LogP contribution >= 0.6 is 0 Å². The highest BCUT2D eigenvalue weighted by Gasteiger charge is 2.07. The van der Waals surface area contributed by atoms with Gasteiger partial charge >= 0.3 is 0 Å². The van der Waals surface area contributed by atoms with Crippen LogP contribution in [-0.4, -0.2) is 13.7 Å². The molecule has 2 aromatic rings. The molecule has 3 heteroatoms. The zero-order valence-electron chi connectivity index (χ0n) is 11.6. The van der Waals surface area contributed by atoms with Crippen LogP contribution in [0.1, 0.15) is 12.0 Å². The van der Waals surface area contributed by atoms with Gasteiger partial charge in [-0.3, -0.25) is 0 Å². The summed E-state index contributed by atoms with van der Waals surface area (Å²) in [4.78, 5) is 2.21. The maximum atomic E-state index is 8.81. The van der Waals surface area contributed by atoms with Crippen LogP contribution in [0.2, 0.25) is 0 Å². The van der Waals surface area contributed by atoms with Gasteiger partial charge in [0.2, 0.25) is 0 Å². The van der Waals surface area contributed by atoms with Crippen LogP contribution in [-0.2, 0) is 6.54 Å². The number of hydrogen-bond donors (Lipinski definition) is 0. The summed E-state index contributed by atoms with van der Waals surface area (Å²) in [7, 11) is 1.67. The summed E-state index contributed by atoms with van der Waals surface area (Å²) in [6.45, 7) is 1.49. The highest BCUT2D eigenvalue weighted by atomic mass is 16.5. The smallest absolute Gasteiger partial charge is 0.119 e. The average Bonchev–Trinajstić information content (AvgIpc) is 2.52. The molecule has 0 spiro atoms. The van der Waals surface area contributed by atoms with Crippen molar-refractivity contribution in [2.24, 2.45) is 0 Å². The number of rotatable bonds is 6. The molecule has 0 aliphatic carbocycles. The summed E-state index contributed by atoms with van der Waals surface area (Å²) in [5.41, 5.74) is 2.30. The molecule has 0 saturated heterocycles. The Kier molecular flexibility index (Phi) is 5.02. The second kappa shape index (κ2) is 7.20. The minimum atomic E-state index is 0.513. The Morgan fingerprint density at radius 2 is 1.90 bits per heavy atom. The molecule has 0 N–H and O–H groups in total. The zero-order valence-corrected chi connectivity index (χ0v) is 11.6. The summed E-state index contributed by atoms with van der Waals surface area (Å²) in [6, 6.07) is 20.4. The van der Waals surface area contributed by atoms with E-state index in [2.05, 4.69) is 29.2 Å². The van der Waals surface area contributed by atoms with Gasteiger partial charge in [0.15, 0.2) is 0 Å². The number of benzene rings is 2. The molecule has 0 bridgehead atoms. The Morgan fingerprint density at radius 1 is 1.10 bits per heavy atom. The van der Waals surface area contributed by atoms with Crippen LogP contribution in [0.15, 0.2) is 54.6 Å². The largest absolute Gasteiger partial charge is 0.497 e. The molecular formula is C17H18N2O. The number of para-hydroxylation sites is 1. The van der Waals surface area contributed by atoms with Gasteiger partial charge in [-0.2, -0.15) is 5.26 Å². The Hall–Kier alpha value is -2.47. The van der Waals surface area contributed by atoms with Gasteiger partial charge in [-0.25, -0.2) is 0 Å². The van der Waals surface area contributed by atoms with Gasteiger partial charge in [0, 0.05) is 18.8 Å². The fraction of sp³-hybridized carbons (Fsp3) is 0.235. The molecule has 2 rings (SSSR count). The van der Waals surface area contributed by atoms with E-state index in [9.17, 15) is 0 Å². The lowest BCUT2D eigenvalue weighted by Gasteiger charge is -2.24. The van der Waals surface area contributed by atoms with Crippen LogP contribution in [0.4, 0.5) is 5.69 Å². The topological polar surface area (TPSA) is 36.3 Å². The van der Waals surface area contributed by atoms with Crippen LogP contribution in [0.25, 0.3) is 0 Å². The van der Waals surface area contributed by atoms with Crippen molar-refractivity contribution < 1.29 is 4.74 Å². The first kappa shape index (κ1) is 14.0. The number of methoxy groups -OCH3 is 1. The number of hydrogen-bond acceptors (Lipinski definition) is 3. The molecule has 20 heavy (non-hydrogen) atoms. The van der Waals surface area contributed by atoms with Gasteiger partial charge < -0.3 is 9.64 Å². The van der Waals surface area contributed by atoms with Crippen molar-refractivity contribution in [3.63, 3.8) is 0 Å². The van der Waals surface area contributed by atoms with Crippen molar-refractivity contribution >= 4 is 5.69 Å². The van der Waals surface area contributed by atoms with E-state index < -0.39 is 0 Å². The third kappa shape index (κ3) is 3.76. The number of nitrogens with zero attached hydrogens (tertiary/aromatic N) is 2. The van der Waals surface area contributed by atoms with Crippen molar-refractivity contribution in [3.05, 3.63) is 60.2 Å². The lowest BCUT2D eigenvalue weighted by atomic mass is 10.1. The molecule has 2 aromatic carbocycles. The maximum absolute atomic E-state index is 8.81. The Balaban J connectivity index is 2.17. The molecule has 0 amide bonds. The summed E-state index contributed by atoms with van der Waals surface area (Å²) >= 11 is 0. The normalized spacial score (nSPS) is 9.80. The van der Waals surface area contributed by atoms with E-state index in [0.717, 1.165) is 24.5 Å². The molecule has 102 valence electrons. The lowest BCUT2D eigenvalue weighted by molar-refractivity contribution is 0.414. The van der Waals surface area contributed by atoms with Crippen LogP contribution in [0, 0.1) is 11.3 Å². The third-order valence-corrected chi connectivity index (χ3v) is 3.12. The molecule has 0 fully saturated rings. The van der Waals surface area contributed by atoms with E-state index >= 15 is 0 Å². The van der Waals surface area contributed by atoms with E-state index in [0.29, 0.717) is 6.42 Å². The molecule has 0 saturated carbocycles. The van der Waals surface area contributed by atoms with Gasteiger partial charge in [-0.05, 0) is 29.8 Å². The van der Waals surface area contributed by atoms with Crippen molar-refractivity contribution in [1.82, 2.24) is 0 Å². The van der Waals surface area contributed by atoms with Gasteiger partial charge in [0.1, 0.15) is 5.75 Å². The summed E-state index contributed by atoms with van der Waals surface area (Å²) in [5, 5.41) is 8.81. The number of nitriles is 1. The minimum Gasteiger partial charge on any atom is -0.497 e. The summed E-state index contributed by atoms with van der Waals surface area (Å²) in [5.74, 6) is 0.857. The highest BCUT2D eigenvalue weighted by Crippen LogP contribution is 2.19. The van der Waals surface area contributed by atoms with Crippen molar-refractivity contribution in [3.8, 4) is 11.8 Å². The Labute approximate surface area is 120 Å².